The molecule has 150 valence electrons. The van der Waals surface area contributed by atoms with E-state index >= 15 is 0 Å². The van der Waals surface area contributed by atoms with E-state index in [0.717, 1.165) is 5.75 Å². The molecule has 0 aromatic heterocycles. The number of methoxy groups -OCH3 is 1. The summed E-state index contributed by atoms with van der Waals surface area (Å²) in [5.41, 5.74) is 0.344. The van der Waals surface area contributed by atoms with Crippen molar-refractivity contribution in [2.45, 2.75) is 13.3 Å². The number of hydrogen-bond acceptors (Lipinski definition) is 4. The second-order valence-electron chi connectivity index (χ2n) is 6.15. The SMILES string of the molecule is COc1ccc(OCCN(CCNC(=O)Cc2ccccc2F)C(C)=O)cc1. The quantitative estimate of drug-likeness (QED) is 0.679. The summed E-state index contributed by atoms with van der Waals surface area (Å²) in [5, 5.41) is 2.71. The Balaban J connectivity index is 1.72. The highest BCUT2D eigenvalue weighted by molar-refractivity contribution is 5.78. The Labute approximate surface area is 164 Å². The standard InChI is InChI=1S/C21H25FN2O4/c1-16(25)24(13-14-28-19-9-7-18(27-2)8-10-19)12-11-23-21(26)15-17-5-3-4-6-20(17)22/h3-10H,11-15H2,1-2H3,(H,23,26). The van der Waals surface area contributed by atoms with Crippen molar-refractivity contribution in [2.24, 2.45) is 0 Å². The molecule has 0 radical (unpaired) electrons. The maximum atomic E-state index is 13.6. The minimum absolute atomic E-state index is 0.0344. The maximum Gasteiger partial charge on any atom is 0.224 e. The van der Waals surface area contributed by atoms with Gasteiger partial charge in [0.15, 0.2) is 0 Å². The Morgan fingerprint density at radius 1 is 1.04 bits per heavy atom. The lowest BCUT2D eigenvalue weighted by Crippen LogP contribution is -2.40. The lowest BCUT2D eigenvalue weighted by molar-refractivity contribution is -0.129. The zero-order chi connectivity index (χ0) is 20.4. The van der Waals surface area contributed by atoms with E-state index in [-0.39, 0.29) is 24.8 Å². The molecule has 0 saturated carbocycles. The number of benzene rings is 2. The van der Waals surface area contributed by atoms with Crippen LogP contribution in [0.3, 0.4) is 0 Å². The fraction of sp³-hybridized carbons (Fsp3) is 0.333. The van der Waals surface area contributed by atoms with E-state index in [9.17, 15) is 14.0 Å². The van der Waals surface area contributed by atoms with Crippen LogP contribution in [0.1, 0.15) is 12.5 Å². The monoisotopic (exact) mass is 388 g/mol. The van der Waals surface area contributed by atoms with Crippen molar-refractivity contribution >= 4 is 11.8 Å². The summed E-state index contributed by atoms with van der Waals surface area (Å²) >= 11 is 0. The molecule has 2 rings (SSSR count). The Hall–Kier alpha value is -3.09. The molecule has 28 heavy (non-hydrogen) atoms. The highest BCUT2D eigenvalue weighted by Crippen LogP contribution is 2.16. The molecule has 0 atom stereocenters. The smallest absolute Gasteiger partial charge is 0.224 e. The van der Waals surface area contributed by atoms with E-state index in [0.29, 0.717) is 31.0 Å². The largest absolute Gasteiger partial charge is 0.497 e. The molecule has 0 aliphatic heterocycles. The van der Waals surface area contributed by atoms with Gasteiger partial charge in [-0.05, 0) is 35.9 Å². The van der Waals surface area contributed by atoms with Crippen LogP contribution in [0.25, 0.3) is 0 Å². The summed E-state index contributed by atoms with van der Waals surface area (Å²) in [4.78, 5) is 25.3. The summed E-state index contributed by atoms with van der Waals surface area (Å²) in [6.07, 6.45) is -0.0344. The first-order valence-electron chi connectivity index (χ1n) is 9.02. The Bertz CT molecular complexity index is 780. The summed E-state index contributed by atoms with van der Waals surface area (Å²) < 4.78 is 24.3. The minimum atomic E-state index is -0.404. The molecule has 0 aliphatic carbocycles. The van der Waals surface area contributed by atoms with E-state index < -0.39 is 5.82 Å². The molecule has 0 heterocycles. The van der Waals surface area contributed by atoms with Crippen LogP contribution >= 0.6 is 0 Å². The highest BCUT2D eigenvalue weighted by atomic mass is 19.1. The molecule has 0 fully saturated rings. The van der Waals surface area contributed by atoms with E-state index in [1.165, 1.54) is 13.0 Å². The van der Waals surface area contributed by atoms with Crippen LogP contribution in [0.2, 0.25) is 0 Å². The Morgan fingerprint density at radius 3 is 2.36 bits per heavy atom. The van der Waals surface area contributed by atoms with Gasteiger partial charge >= 0.3 is 0 Å². The Kier molecular flexibility index (Phi) is 8.27. The number of ether oxygens (including phenoxy) is 2. The second-order valence-corrected chi connectivity index (χ2v) is 6.15. The van der Waals surface area contributed by atoms with Gasteiger partial charge in [0.05, 0.1) is 20.1 Å². The summed E-state index contributed by atoms with van der Waals surface area (Å²) in [5.74, 6) is 0.620. The lowest BCUT2D eigenvalue weighted by Gasteiger charge is -2.21. The number of amides is 2. The van der Waals surface area contributed by atoms with Crippen molar-refractivity contribution in [3.63, 3.8) is 0 Å². The number of nitrogens with zero attached hydrogens (tertiary/aromatic N) is 1. The van der Waals surface area contributed by atoms with Crippen LogP contribution in [-0.2, 0) is 16.0 Å². The highest BCUT2D eigenvalue weighted by Gasteiger charge is 2.11. The minimum Gasteiger partial charge on any atom is -0.497 e. The topological polar surface area (TPSA) is 67.9 Å². The van der Waals surface area contributed by atoms with Crippen molar-refractivity contribution < 1.29 is 23.5 Å². The predicted octanol–water partition coefficient (Wildman–Crippen LogP) is 2.42. The number of carbonyl (C=O) groups is 2. The van der Waals surface area contributed by atoms with Gasteiger partial charge in [0.25, 0.3) is 0 Å². The van der Waals surface area contributed by atoms with Crippen LogP contribution in [0.15, 0.2) is 48.5 Å². The van der Waals surface area contributed by atoms with Gasteiger partial charge in [-0.1, -0.05) is 18.2 Å². The predicted molar refractivity (Wildman–Crippen MR) is 104 cm³/mol. The normalized spacial score (nSPS) is 10.2. The van der Waals surface area contributed by atoms with Crippen LogP contribution in [0.4, 0.5) is 4.39 Å². The summed E-state index contributed by atoms with van der Waals surface area (Å²) in [6, 6.07) is 13.3. The van der Waals surface area contributed by atoms with Crippen molar-refractivity contribution in [2.75, 3.05) is 33.4 Å². The van der Waals surface area contributed by atoms with Gasteiger partial charge < -0.3 is 19.7 Å². The number of rotatable bonds is 10. The van der Waals surface area contributed by atoms with Crippen molar-refractivity contribution in [3.8, 4) is 11.5 Å². The molecule has 2 aromatic rings. The molecule has 7 heteroatoms. The second kappa shape index (κ2) is 10.9. The molecule has 0 saturated heterocycles. The number of nitrogens with one attached hydrogen (secondary N) is 1. The first kappa shape index (κ1) is 21.2. The third-order valence-electron chi connectivity index (χ3n) is 4.15. The molecule has 6 nitrogen and oxygen atoms in total. The average Bonchev–Trinajstić information content (AvgIpc) is 2.69. The van der Waals surface area contributed by atoms with Crippen molar-refractivity contribution in [3.05, 3.63) is 59.9 Å². The van der Waals surface area contributed by atoms with Crippen LogP contribution in [0.5, 0.6) is 11.5 Å². The third-order valence-corrected chi connectivity index (χ3v) is 4.15. The fourth-order valence-corrected chi connectivity index (χ4v) is 2.58. The number of halogens is 1. The van der Waals surface area contributed by atoms with Crippen LogP contribution in [0, 0.1) is 5.82 Å². The van der Waals surface area contributed by atoms with Gasteiger partial charge in [-0.25, -0.2) is 4.39 Å². The molecule has 0 unspecified atom stereocenters. The van der Waals surface area contributed by atoms with Crippen molar-refractivity contribution in [1.82, 2.24) is 10.2 Å². The van der Waals surface area contributed by atoms with Gasteiger partial charge in [-0.3, -0.25) is 9.59 Å². The number of carbonyl (C=O) groups excluding carboxylic acids is 2. The van der Waals surface area contributed by atoms with E-state index in [2.05, 4.69) is 5.32 Å². The maximum absolute atomic E-state index is 13.6. The molecule has 0 aliphatic rings. The van der Waals surface area contributed by atoms with Gasteiger partial charge in [0.2, 0.25) is 11.8 Å². The lowest BCUT2D eigenvalue weighted by atomic mass is 10.1. The van der Waals surface area contributed by atoms with Crippen LogP contribution in [-0.4, -0.2) is 50.1 Å². The van der Waals surface area contributed by atoms with E-state index in [4.69, 9.17) is 9.47 Å². The first-order valence-corrected chi connectivity index (χ1v) is 9.02. The zero-order valence-electron chi connectivity index (χ0n) is 16.1. The molecular formula is C21H25FN2O4. The van der Waals surface area contributed by atoms with Crippen molar-refractivity contribution in [1.29, 1.82) is 0 Å². The van der Waals surface area contributed by atoms with Gasteiger partial charge in [-0.2, -0.15) is 0 Å². The molecule has 2 amide bonds. The summed E-state index contributed by atoms with van der Waals surface area (Å²) in [6.45, 7) is 2.83. The fourth-order valence-electron chi connectivity index (χ4n) is 2.58. The van der Waals surface area contributed by atoms with Crippen LogP contribution < -0.4 is 14.8 Å². The summed E-state index contributed by atoms with van der Waals surface area (Å²) in [7, 11) is 1.59. The van der Waals surface area contributed by atoms with E-state index in [1.54, 1.807) is 54.5 Å². The van der Waals surface area contributed by atoms with Gasteiger partial charge in [-0.15, -0.1) is 0 Å². The number of hydrogen-bond donors (Lipinski definition) is 1. The molecule has 2 aromatic carbocycles. The van der Waals surface area contributed by atoms with Gasteiger partial charge in [0, 0.05) is 20.0 Å². The first-order chi connectivity index (χ1) is 13.5. The zero-order valence-corrected chi connectivity index (χ0v) is 16.1. The molecule has 0 spiro atoms. The average molecular weight is 388 g/mol. The third kappa shape index (κ3) is 6.90. The molecular weight excluding hydrogens is 363 g/mol. The van der Waals surface area contributed by atoms with E-state index in [1.807, 2.05) is 0 Å². The Morgan fingerprint density at radius 2 is 1.71 bits per heavy atom. The molecule has 0 bridgehead atoms. The molecule has 1 N–H and O–H groups in total. The van der Waals surface area contributed by atoms with Gasteiger partial charge in [0.1, 0.15) is 23.9 Å².